The largest absolute Gasteiger partial charge is 0.481 e. The number of methoxy groups -OCH3 is 1. The van der Waals surface area contributed by atoms with Crippen LogP contribution in [0.25, 0.3) is 0 Å². The smallest absolute Gasteiger partial charge is 0.309 e. The lowest BCUT2D eigenvalue weighted by Gasteiger charge is -2.63. The molecule has 2 bridgehead atoms. The molecule has 0 unspecified atom stereocenters. The fourth-order valence-corrected chi connectivity index (χ4v) is 8.34. The van der Waals surface area contributed by atoms with E-state index in [4.69, 9.17) is 4.74 Å². The van der Waals surface area contributed by atoms with Crippen molar-refractivity contribution in [2.24, 2.45) is 34.0 Å². The Hall–Kier alpha value is -0.610. The molecular formula is C21H34O4. The van der Waals surface area contributed by atoms with E-state index >= 15 is 0 Å². The maximum Gasteiger partial charge on any atom is 0.309 e. The molecule has 4 fully saturated rings. The second kappa shape index (κ2) is 5.45. The second-order valence-electron chi connectivity index (χ2n) is 10.2. The van der Waals surface area contributed by atoms with Crippen molar-refractivity contribution in [1.29, 1.82) is 0 Å². The normalized spacial score (nSPS) is 54.6. The Balaban J connectivity index is 1.72. The molecule has 142 valence electrons. The van der Waals surface area contributed by atoms with Gasteiger partial charge in [-0.05, 0) is 86.9 Å². The van der Waals surface area contributed by atoms with E-state index in [2.05, 4.69) is 6.92 Å². The first-order valence-electron chi connectivity index (χ1n) is 10.2. The highest BCUT2D eigenvalue weighted by atomic mass is 16.5. The van der Waals surface area contributed by atoms with Gasteiger partial charge in [0.15, 0.2) is 0 Å². The summed E-state index contributed by atoms with van der Waals surface area (Å²) in [7, 11) is 1.76. The standard InChI is InChI=1S/C21H34O4/c1-18-8-4-9-19(2,17(23)24)15(18)7-10-20-11-14(5-6-16(18)20)21(12-20,13-22)25-3/h14-16,22H,4-13H2,1-3H3,(H,23,24)/t14-,15+,16+,18-,19-,20+,21+/m1/s1. The van der Waals surface area contributed by atoms with Crippen molar-refractivity contribution in [3.63, 3.8) is 0 Å². The number of ether oxygens (including phenoxy) is 1. The van der Waals surface area contributed by atoms with E-state index in [-0.39, 0.29) is 29.0 Å². The van der Waals surface area contributed by atoms with Crippen molar-refractivity contribution in [2.75, 3.05) is 13.7 Å². The highest BCUT2D eigenvalue weighted by Crippen LogP contribution is 2.73. The molecule has 2 N–H and O–H groups in total. The van der Waals surface area contributed by atoms with Gasteiger partial charge in [-0.1, -0.05) is 13.3 Å². The van der Waals surface area contributed by atoms with Gasteiger partial charge in [0.1, 0.15) is 0 Å². The molecule has 1 spiro atoms. The maximum atomic E-state index is 12.1. The van der Waals surface area contributed by atoms with Crippen LogP contribution in [0.3, 0.4) is 0 Å². The van der Waals surface area contributed by atoms with Crippen molar-refractivity contribution < 1.29 is 19.7 Å². The number of hydrogen-bond acceptors (Lipinski definition) is 3. The molecule has 0 saturated heterocycles. The lowest BCUT2D eigenvalue weighted by atomic mass is 9.41. The highest BCUT2D eigenvalue weighted by molar-refractivity contribution is 5.75. The summed E-state index contributed by atoms with van der Waals surface area (Å²) in [6.45, 7) is 4.52. The quantitative estimate of drug-likeness (QED) is 0.811. The van der Waals surface area contributed by atoms with Gasteiger partial charge in [0.25, 0.3) is 0 Å². The van der Waals surface area contributed by atoms with Gasteiger partial charge in [-0.15, -0.1) is 0 Å². The minimum absolute atomic E-state index is 0.119. The monoisotopic (exact) mass is 350 g/mol. The fourth-order valence-electron chi connectivity index (χ4n) is 8.34. The highest BCUT2D eigenvalue weighted by Gasteiger charge is 2.68. The molecule has 0 amide bonds. The summed E-state index contributed by atoms with van der Waals surface area (Å²) < 4.78 is 5.91. The lowest BCUT2D eigenvalue weighted by molar-refractivity contribution is -0.181. The Bertz CT molecular complexity index is 570. The van der Waals surface area contributed by atoms with Crippen LogP contribution in [-0.2, 0) is 9.53 Å². The third kappa shape index (κ3) is 2.10. The summed E-state index contributed by atoms with van der Waals surface area (Å²) in [5.41, 5.74) is -0.556. The van der Waals surface area contributed by atoms with E-state index in [1.807, 2.05) is 6.92 Å². The van der Waals surface area contributed by atoms with Crippen LogP contribution in [0.4, 0.5) is 0 Å². The van der Waals surface area contributed by atoms with E-state index in [0.717, 1.165) is 51.4 Å². The number of aliphatic hydroxyl groups excluding tert-OH is 1. The number of aliphatic carboxylic acids is 1. The number of aliphatic hydroxyl groups is 1. The number of rotatable bonds is 3. The van der Waals surface area contributed by atoms with E-state index in [0.29, 0.717) is 11.8 Å². The minimum Gasteiger partial charge on any atom is -0.481 e. The first-order valence-corrected chi connectivity index (χ1v) is 10.2. The van der Waals surface area contributed by atoms with Gasteiger partial charge in [-0.25, -0.2) is 0 Å². The molecule has 4 aliphatic rings. The topological polar surface area (TPSA) is 66.8 Å². The summed E-state index contributed by atoms with van der Waals surface area (Å²) in [6.07, 6.45) is 9.58. The average molecular weight is 350 g/mol. The molecule has 25 heavy (non-hydrogen) atoms. The van der Waals surface area contributed by atoms with Crippen LogP contribution >= 0.6 is 0 Å². The van der Waals surface area contributed by atoms with Crippen LogP contribution in [0.2, 0.25) is 0 Å². The molecule has 4 heteroatoms. The summed E-state index contributed by atoms with van der Waals surface area (Å²) in [5, 5.41) is 20.1. The number of carbonyl (C=O) groups is 1. The van der Waals surface area contributed by atoms with Gasteiger partial charge in [0.05, 0.1) is 17.6 Å². The van der Waals surface area contributed by atoms with E-state index < -0.39 is 11.4 Å². The zero-order valence-electron chi connectivity index (χ0n) is 16.0. The third-order valence-corrected chi connectivity index (χ3v) is 9.46. The number of carboxylic acid groups (broad SMARTS) is 1. The van der Waals surface area contributed by atoms with Crippen LogP contribution in [0, 0.1) is 34.0 Å². The predicted octanol–water partition coefficient (Wildman–Crippen LogP) is 3.86. The third-order valence-electron chi connectivity index (χ3n) is 9.46. The van der Waals surface area contributed by atoms with Gasteiger partial charge in [-0.2, -0.15) is 0 Å². The van der Waals surface area contributed by atoms with Gasteiger partial charge in [0, 0.05) is 7.11 Å². The molecule has 0 radical (unpaired) electrons. The Morgan fingerprint density at radius 1 is 1.12 bits per heavy atom. The van der Waals surface area contributed by atoms with Gasteiger partial charge in [0.2, 0.25) is 0 Å². The Morgan fingerprint density at radius 3 is 2.52 bits per heavy atom. The molecule has 0 aromatic carbocycles. The molecule has 0 aromatic rings. The Morgan fingerprint density at radius 2 is 1.88 bits per heavy atom. The van der Waals surface area contributed by atoms with Gasteiger partial charge >= 0.3 is 5.97 Å². The number of fused-ring (bicyclic) bond motifs is 3. The molecule has 0 aromatic heterocycles. The minimum atomic E-state index is -0.596. The average Bonchev–Trinajstić information content (AvgIpc) is 2.81. The van der Waals surface area contributed by atoms with Crippen LogP contribution in [-0.4, -0.2) is 35.5 Å². The Labute approximate surface area is 151 Å². The maximum absolute atomic E-state index is 12.1. The van der Waals surface area contributed by atoms with Crippen LogP contribution in [0.5, 0.6) is 0 Å². The first-order chi connectivity index (χ1) is 11.8. The van der Waals surface area contributed by atoms with Crippen LogP contribution < -0.4 is 0 Å². The molecule has 0 heterocycles. The molecular weight excluding hydrogens is 316 g/mol. The molecule has 4 rings (SSSR count). The zero-order valence-corrected chi connectivity index (χ0v) is 16.0. The number of hydrogen-bond donors (Lipinski definition) is 2. The SMILES string of the molecule is CO[C@]1(CO)C[C@@]23CC[C@H]4[C@@](C)(CCC[C@@]4(C)C(=O)O)[C@@H]2CC[C@@H]1C3. The molecule has 4 aliphatic carbocycles. The van der Waals surface area contributed by atoms with Gasteiger partial charge in [-0.3, -0.25) is 4.79 Å². The Kier molecular flexibility index (Phi) is 3.88. The summed E-state index contributed by atoms with van der Waals surface area (Å²) >= 11 is 0. The van der Waals surface area contributed by atoms with E-state index in [1.54, 1.807) is 7.11 Å². The molecule has 4 saturated carbocycles. The summed E-state index contributed by atoms with van der Waals surface area (Å²) in [4.78, 5) is 12.1. The summed E-state index contributed by atoms with van der Waals surface area (Å²) in [5.74, 6) is 0.733. The van der Waals surface area contributed by atoms with Crippen molar-refractivity contribution >= 4 is 5.97 Å². The second-order valence-corrected chi connectivity index (χ2v) is 10.2. The van der Waals surface area contributed by atoms with Crippen molar-refractivity contribution in [3.8, 4) is 0 Å². The predicted molar refractivity (Wildman–Crippen MR) is 95.1 cm³/mol. The van der Waals surface area contributed by atoms with Crippen molar-refractivity contribution in [1.82, 2.24) is 0 Å². The number of carboxylic acids is 1. The van der Waals surface area contributed by atoms with E-state index in [9.17, 15) is 15.0 Å². The molecule has 0 aliphatic heterocycles. The first kappa shape index (κ1) is 17.8. The molecule has 4 nitrogen and oxygen atoms in total. The van der Waals surface area contributed by atoms with Crippen molar-refractivity contribution in [2.45, 2.75) is 77.2 Å². The van der Waals surface area contributed by atoms with E-state index in [1.165, 1.54) is 6.42 Å². The van der Waals surface area contributed by atoms with Crippen LogP contribution in [0.1, 0.15) is 71.6 Å². The van der Waals surface area contributed by atoms with Gasteiger partial charge < -0.3 is 14.9 Å². The van der Waals surface area contributed by atoms with Crippen LogP contribution in [0.15, 0.2) is 0 Å². The fraction of sp³-hybridized carbons (Fsp3) is 0.952. The molecule has 7 atom stereocenters. The van der Waals surface area contributed by atoms with Crippen molar-refractivity contribution in [3.05, 3.63) is 0 Å². The zero-order chi connectivity index (χ0) is 18.1. The summed E-state index contributed by atoms with van der Waals surface area (Å²) in [6, 6.07) is 0. The lowest BCUT2D eigenvalue weighted by Crippen LogP contribution is -2.58.